The summed E-state index contributed by atoms with van der Waals surface area (Å²) in [5.41, 5.74) is 1.34. The number of benzene rings is 1. The fraction of sp³-hybridized carbons (Fsp3) is 0.625. The predicted molar refractivity (Wildman–Crippen MR) is 79.0 cm³/mol. The van der Waals surface area contributed by atoms with Gasteiger partial charge < -0.3 is 5.32 Å². The fourth-order valence-electron chi connectivity index (χ4n) is 2.57. The van der Waals surface area contributed by atoms with Crippen molar-refractivity contribution in [3.63, 3.8) is 0 Å². The van der Waals surface area contributed by atoms with Gasteiger partial charge in [0, 0.05) is 17.1 Å². The molecule has 1 N–H and O–H groups in total. The Hall–Kier alpha value is -0.530. The summed E-state index contributed by atoms with van der Waals surface area (Å²) in [4.78, 5) is 0. The lowest BCUT2D eigenvalue weighted by atomic mass is 9.94. The molecule has 1 nitrogen and oxygen atoms in total. The van der Waals surface area contributed by atoms with Crippen molar-refractivity contribution in [2.45, 2.75) is 52.1 Å². The van der Waals surface area contributed by atoms with Gasteiger partial charge in [-0.25, -0.2) is 0 Å². The van der Waals surface area contributed by atoms with E-state index >= 15 is 0 Å². The van der Waals surface area contributed by atoms with Crippen LogP contribution in [0.5, 0.6) is 0 Å². The van der Waals surface area contributed by atoms with Gasteiger partial charge in [-0.15, -0.1) is 0 Å². The van der Waals surface area contributed by atoms with Crippen LogP contribution in [0.1, 0.15) is 51.6 Å². The van der Waals surface area contributed by atoms with Crippen molar-refractivity contribution in [3.8, 4) is 0 Å². The zero-order valence-electron chi connectivity index (χ0n) is 11.6. The van der Waals surface area contributed by atoms with Gasteiger partial charge in [-0.2, -0.15) is 0 Å². The summed E-state index contributed by atoms with van der Waals surface area (Å²) in [6, 6.07) is 9.28. The highest BCUT2D eigenvalue weighted by atomic mass is 35.5. The first kappa shape index (κ1) is 13.9. The van der Waals surface area contributed by atoms with Gasteiger partial charge >= 0.3 is 0 Å². The lowest BCUT2D eigenvalue weighted by Crippen LogP contribution is -2.33. The van der Waals surface area contributed by atoms with E-state index in [1.165, 1.54) is 24.8 Å². The van der Waals surface area contributed by atoms with Crippen molar-refractivity contribution in [1.82, 2.24) is 5.32 Å². The molecule has 18 heavy (non-hydrogen) atoms. The molecule has 0 bridgehead atoms. The molecule has 1 fully saturated rings. The van der Waals surface area contributed by atoms with E-state index in [-0.39, 0.29) is 0 Å². The van der Waals surface area contributed by atoms with Crippen LogP contribution in [-0.4, -0.2) is 6.04 Å². The van der Waals surface area contributed by atoms with E-state index in [1.54, 1.807) is 0 Å². The van der Waals surface area contributed by atoms with Gasteiger partial charge in [-0.1, -0.05) is 50.4 Å². The van der Waals surface area contributed by atoms with Crippen LogP contribution in [0.3, 0.4) is 0 Å². The van der Waals surface area contributed by atoms with E-state index in [0.717, 1.165) is 10.9 Å². The SMILES string of the molecule is CC(CC1CC1)NC(c1ccc(Cl)cc1)C(C)C. The Kier molecular flexibility index (Phi) is 4.69. The average Bonchev–Trinajstić information content (AvgIpc) is 3.11. The predicted octanol–water partition coefficient (Wildman–Crippen LogP) is 4.82. The monoisotopic (exact) mass is 265 g/mol. The van der Waals surface area contributed by atoms with Crippen LogP contribution in [0.2, 0.25) is 5.02 Å². The molecule has 1 aliphatic carbocycles. The smallest absolute Gasteiger partial charge is 0.0406 e. The molecule has 1 aromatic rings. The summed E-state index contributed by atoms with van der Waals surface area (Å²) < 4.78 is 0. The number of rotatable bonds is 6. The highest BCUT2D eigenvalue weighted by Crippen LogP contribution is 2.34. The number of nitrogens with one attached hydrogen (secondary N) is 1. The highest BCUT2D eigenvalue weighted by Gasteiger charge is 2.25. The summed E-state index contributed by atoms with van der Waals surface area (Å²) in [6.45, 7) is 6.86. The third-order valence-corrected chi connectivity index (χ3v) is 4.00. The van der Waals surface area contributed by atoms with Gasteiger partial charge in [0.2, 0.25) is 0 Å². The molecule has 1 aromatic carbocycles. The molecular formula is C16H24ClN. The van der Waals surface area contributed by atoms with Gasteiger partial charge in [-0.3, -0.25) is 0 Å². The van der Waals surface area contributed by atoms with Crippen molar-refractivity contribution in [2.24, 2.45) is 11.8 Å². The molecule has 0 amide bonds. The summed E-state index contributed by atoms with van der Waals surface area (Å²) in [5.74, 6) is 1.57. The topological polar surface area (TPSA) is 12.0 Å². The first-order valence-electron chi connectivity index (χ1n) is 7.07. The maximum Gasteiger partial charge on any atom is 0.0406 e. The second kappa shape index (κ2) is 6.08. The van der Waals surface area contributed by atoms with Crippen molar-refractivity contribution in [2.75, 3.05) is 0 Å². The molecule has 0 aliphatic heterocycles. The van der Waals surface area contributed by atoms with Gasteiger partial charge in [-0.05, 0) is 42.9 Å². The first-order chi connectivity index (χ1) is 8.56. The van der Waals surface area contributed by atoms with Gasteiger partial charge in [0.15, 0.2) is 0 Å². The number of hydrogen-bond acceptors (Lipinski definition) is 1. The van der Waals surface area contributed by atoms with Crippen LogP contribution in [0, 0.1) is 11.8 Å². The molecule has 2 atom stereocenters. The maximum atomic E-state index is 5.96. The van der Waals surface area contributed by atoms with E-state index in [9.17, 15) is 0 Å². The average molecular weight is 266 g/mol. The lowest BCUT2D eigenvalue weighted by Gasteiger charge is -2.27. The van der Waals surface area contributed by atoms with E-state index in [1.807, 2.05) is 12.1 Å². The van der Waals surface area contributed by atoms with Crippen molar-refractivity contribution in [1.29, 1.82) is 0 Å². The Morgan fingerprint density at radius 2 is 1.78 bits per heavy atom. The summed E-state index contributed by atoms with van der Waals surface area (Å²) in [7, 11) is 0. The Labute approximate surface area is 116 Å². The minimum Gasteiger partial charge on any atom is -0.307 e. The van der Waals surface area contributed by atoms with Crippen molar-refractivity contribution < 1.29 is 0 Å². The minimum atomic E-state index is 0.427. The fourth-order valence-corrected chi connectivity index (χ4v) is 2.70. The van der Waals surface area contributed by atoms with Gasteiger partial charge in [0.25, 0.3) is 0 Å². The largest absolute Gasteiger partial charge is 0.307 e. The summed E-state index contributed by atoms with van der Waals surface area (Å²) in [6.07, 6.45) is 4.18. The molecule has 0 aromatic heterocycles. The Morgan fingerprint density at radius 1 is 1.17 bits per heavy atom. The second-order valence-electron chi connectivity index (χ2n) is 6.02. The molecule has 2 unspecified atom stereocenters. The quantitative estimate of drug-likeness (QED) is 0.778. The van der Waals surface area contributed by atoms with E-state index < -0.39 is 0 Å². The number of halogens is 1. The van der Waals surface area contributed by atoms with Crippen LogP contribution in [0.25, 0.3) is 0 Å². The van der Waals surface area contributed by atoms with E-state index in [0.29, 0.717) is 18.0 Å². The third kappa shape index (κ3) is 4.00. The Morgan fingerprint density at radius 3 is 2.28 bits per heavy atom. The van der Waals surface area contributed by atoms with Crippen molar-refractivity contribution in [3.05, 3.63) is 34.9 Å². The molecule has 0 heterocycles. The molecule has 2 rings (SSSR count). The molecule has 1 saturated carbocycles. The maximum absolute atomic E-state index is 5.96. The van der Waals surface area contributed by atoms with E-state index in [4.69, 9.17) is 11.6 Å². The highest BCUT2D eigenvalue weighted by molar-refractivity contribution is 6.30. The number of hydrogen-bond donors (Lipinski definition) is 1. The Balaban J connectivity index is 2.00. The molecule has 0 spiro atoms. The van der Waals surface area contributed by atoms with Crippen LogP contribution >= 0.6 is 11.6 Å². The summed E-state index contributed by atoms with van der Waals surface area (Å²) in [5, 5.41) is 4.59. The standard InChI is InChI=1S/C16H24ClN/c1-11(2)16(14-6-8-15(17)9-7-14)18-12(3)10-13-4-5-13/h6-9,11-13,16,18H,4-5,10H2,1-3H3. The lowest BCUT2D eigenvalue weighted by molar-refractivity contribution is 0.352. The normalized spacial score (nSPS) is 18.9. The van der Waals surface area contributed by atoms with Crippen LogP contribution in [0.4, 0.5) is 0 Å². The molecule has 0 radical (unpaired) electrons. The van der Waals surface area contributed by atoms with Crippen LogP contribution in [0.15, 0.2) is 24.3 Å². The zero-order chi connectivity index (χ0) is 13.1. The van der Waals surface area contributed by atoms with Crippen molar-refractivity contribution >= 4 is 11.6 Å². The first-order valence-corrected chi connectivity index (χ1v) is 7.45. The molecule has 2 heteroatoms. The molecule has 1 aliphatic rings. The minimum absolute atomic E-state index is 0.427. The van der Waals surface area contributed by atoms with Crippen LogP contribution < -0.4 is 5.32 Å². The van der Waals surface area contributed by atoms with Crippen LogP contribution in [-0.2, 0) is 0 Å². The Bertz CT molecular complexity index is 367. The third-order valence-electron chi connectivity index (χ3n) is 3.74. The van der Waals surface area contributed by atoms with Gasteiger partial charge in [0.05, 0.1) is 0 Å². The zero-order valence-corrected chi connectivity index (χ0v) is 12.4. The molecule has 100 valence electrons. The summed E-state index contributed by atoms with van der Waals surface area (Å²) >= 11 is 5.96. The van der Waals surface area contributed by atoms with E-state index in [2.05, 4.69) is 38.2 Å². The van der Waals surface area contributed by atoms with Gasteiger partial charge in [0.1, 0.15) is 0 Å². The molecule has 0 saturated heterocycles. The molecular weight excluding hydrogens is 242 g/mol. The second-order valence-corrected chi connectivity index (χ2v) is 6.46.